The van der Waals surface area contributed by atoms with E-state index in [9.17, 15) is 0 Å². The van der Waals surface area contributed by atoms with Gasteiger partial charge in [-0.3, -0.25) is 0 Å². The van der Waals surface area contributed by atoms with Gasteiger partial charge < -0.3 is 9.88 Å². The van der Waals surface area contributed by atoms with Gasteiger partial charge in [0.1, 0.15) is 0 Å². The average molecular weight is 236 g/mol. The Balaban J connectivity index is 2.20. The summed E-state index contributed by atoms with van der Waals surface area (Å²) in [5.41, 5.74) is 2.27. The fourth-order valence-corrected chi connectivity index (χ4v) is 1.82. The van der Waals surface area contributed by atoms with Crippen LogP contribution in [0, 0.1) is 0 Å². The van der Waals surface area contributed by atoms with Gasteiger partial charge in [-0.2, -0.15) is 0 Å². The van der Waals surface area contributed by atoms with E-state index in [0.717, 1.165) is 29.4 Å². The molecule has 1 aromatic carbocycles. The highest BCUT2D eigenvalue weighted by Gasteiger charge is 2.04. The molecule has 0 aliphatic heterocycles. The third-order valence-corrected chi connectivity index (χ3v) is 2.82. The van der Waals surface area contributed by atoms with Gasteiger partial charge in [-0.1, -0.05) is 29.8 Å². The molecule has 0 saturated carbocycles. The molecule has 1 heterocycles. The molecule has 0 radical (unpaired) electrons. The molecule has 0 spiro atoms. The Morgan fingerprint density at radius 1 is 1.38 bits per heavy atom. The number of aromatic nitrogens is 2. The zero-order valence-corrected chi connectivity index (χ0v) is 9.91. The lowest BCUT2D eigenvalue weighted by molar-refractivity contribution is 0.693. The Morgan fingerprint density at radius 2 is 2.19 bits per heavy atom. The van der Waals surface area contributed by atoms with Crippen LogP contribution in [-0.4, -0.2) is 16.6 Å². The highest BCUT2D eigenvalue weighted by atomic mass is 35.5. The van der Waals surface area contributed by atoms with Crippen LogP contribution in [0.25, 0.3) is 0 Å². The highest BCUT2D eigenvalue weighted by molar-refractivity contribution is 6.31. The number of hydrogen-bond donors (Lipinski definition) is 1. The largest absolute Gasteiger partial charge is 0.329 e. The summed E-state index contributed by atoms with van der Waals surface area (Å²) in [5, 5.41) is 3.91. The number of hydrogen-bond acceptors (Lipinski definition) is 2. The minimum absolute atomic E-state index is 0.761. The molecule has 0 bridgehead atoms. The second-order valence-electron chi connectivity index (χ2n) is 3.63. The number of nitrogens with one attached hydrogen (secondary N) is 1. The lowest BCUT2D eigenvalue weighted by atomic mass is 10.2. The van der Waals surface area contributed by atoms with Gasteiger partial charge in [0.25, 0.3) is 0 Å². The molecule has 0 atom stereocenters. The van der Waals surface area contributed by atoms with E-state index in [4.69, 9.17) is 11.6 Å². The summed E-state index contributed by atoms with van der Waals surface area (Å²) >= 11 is 6.12. The summed E-state index contributed by atoms with van der Waals surface area (Å²) in [6, 6.07) is 7.88. The molecule has 84 valence electrons. The Morgan fingerprint density at radius 3 is 2.94 bits per heavy atom. The third-order valence-electron chi connectivity index (χ3n) is 2.45. The van der Waals surface area contributed by atoms with E-state index in [1.807, 2.05) is 43.8 Å². The van der Waals surface area contributed by atoms with E-state index in [1.54, 1.807) is 0 Å². The van der Waals surface area contributed by atoms with Crippen molar-refractivity contribution >= 4 is 11.6 Å². The Bertz CT molecular complexity index is 465. The molecule has 1 aromatic heterocycles. The molecule has 1 N–H and O–H groups in total. The third kappa shape index (κ3) is 2.43. The predicted octanol–water partition coefficient (Wildman–Crippen LogP) is 2.30. The van der Waals surface area contributed by atoms with Crippen molar-refractivity contribution in [1.82, 2.24) is 14.9 Å². The fraction of sp³-hybridized carbons (Fsp3) is 0.250. The SMILES string of the molecule is CNCc1cncn1Cc1ccccc1Cl. The van der Waals surface area contributed by atoms with Crippen LogP contribution >= 0.6 is 11.6 Å². The molecule has 4 heteroatoms. The maximum absolute atomic E-state index is 6.12. The van der Waals surface area contributed by atoms with Crippen LogP contribution in [0.3, 0.4) is 0 Å². The molecular weight excluding hydrogens is 222 g/mol. The summed E-state index contributed by atoms with van der Waals surface area (Å²) in [6.45, 7) is 1.57. The van der Waals surface area contributed by atoms with Crippen molar-refractivity contribution in [2.75, 3.05) is 7.05 Å². The van der Waals surface area contributed by atoms with Gasteiger partial charge >= 0.3 is 0 Å². The number of benzene rings is 1. The van der Waals surface area contributed by atoms with Crippen LogP contribution < -0.4 is 5.32 Å². The second-order valence-corrected chi connectivity index (χ2v) is 4.04. The van der Waals surface area contributed by atoms with Crippen molar-refractivity contribution in [3.63, 3.8) is 0 Å². The molecule has 0 saturated heterocycles. The normalized spacial score (nSPS) is 10.6. The molecule has 0 aliphatic carbocycles. The summed E-state index contributed by atoms with van der Waals surface area (Å²) in [6.07, 6.45) is 3.70. The van der Waals surface area contributed by atoms with Gasteiger partial charge in [0.15, 0.2) is 0 Å². The van der Waals surface area contributed by atoms with Crippen LogP contribution in [0.15, 0.2) is 36.8 Å². The first-order chi connectivity index (χ1) is 7.81. The van der Waals surface area contributed by atoms with Gasteiger partial charge in [0, 0.05) is 17.8 Å². The second kappa shape index (κ2) is 5.14. The first-order valence-electron chi connectivity index (χ1n) is 5.18. The summed E-state index contributed by atoms with van der Waals surface area (Å²) in [5.74, 6) is 0. The average Bonchev–Trinajstić information content (AvgIpc) is 2.70. The van der Waals surface area contributed by atoms with Crippen molar-refractivity contribution < 1.29 is 0 Å². The van der Waals surface area contributed by atoms with Crippen LogP contribution in [0.5, 0.6) is 0 Å². The number of rotatable bonds is 4. The maximum Gasteiger partial charge on any atom is 0.0951 e. The van der Waals surface area contributed by atoms with Crippen LogP contribution in [0.2, 0.25) is 5.02 Å². The summed E-state index contributed by atoms with van der Waals surface area (Å²) in [4.78, 5) is 4.15. The van der Waals surface area contributed by atoms with E-state index in [1.165, 1.54) is 0 Å². The lowest BCUT2D eigenvalue weighted by Crippen LogP contribution is -2.11. The van der Waals surface area contributed by atoms with E-state index < -0.39 is 0 Å². The van der Waals surface area contributed by atoms with Crippen LogP contribution in [0.1, 0.15) is 11.3 Å². The Hall–Kier alpha value is -1.32. The number of nitrogens with zero attached hydrogens (tertiary/aromatic N) is 2. The van der Waals surface area contributed by atoms with Crippen LogP contribution in [-0.2, 0) is 13.1 Å². The zero-order valence-electron chi connectivity index (χ0n) is 9.15. The van der Waals surface area contributed by atoms with Gasteiger partial charge in [-0.15, -0.1) is 0 Å². The van der Waals surface area contributed by atoms with Gasteiger partial charge in [0.05, 0.1) is 18.6 Å². The van der Waals surface area contributed by atoms with Crippen molar-refractivity contribution in [3.05, 3.63) is 53.1 Å². The van der Waals surface area contributed by atoms with Gasteiger partial charge in [-0.25, -0.2) is 4.98 Å². The molecule has 2 rings (SSSR count). The fourth-order valence-electron chi connectivity index (χ4n) is 1.63. The Labute approximate surface area is 100 Å². The van der Waals surface area contributed by atoms with Crippen molar-refractivity contribution in [1.29, 1.82) is 0 Å². The standard InChI is InChI=1S/C12H14ClN3/c1-14-6-11-7-15-9-16(11)8-10-4-2-3-5-12(10)13/h2-5,7,9,14H,6,8H2,1H3. The number of halogens is 1. The predicted molar refractivity (Wildman–Crippen MR) is 65.5 cm³/mol. The quantitative estimate of drug-likeness (QED) is 0.882. The molecule has 16 heavy (non-hydrogen) atoms. The summed E-state index contributed by atoms with van der Waals surface area (Å²) in [7, 11) is 1.92. The van der Waals surface area contributed by atoms with Crippen molar-refractivity contribution in [2.45, 2.75) is 13.1 Å². The van der Waals surface area contributed by atoms with E-state index >= 15 is 0 Å². The Kier molecular flexibility index (Phi) is 3.59. The van der Waals surface area contributed by atoms with Gasteiger partial charge in [-0.05, 0) is 18.7 Å². The topological polar surface area (TPSA) is 29.9 Å². The molecular formula is C12H14ClN3. The molecule has 3 nitrogen and oxygen atoms in total. The molecule has 0 unspecified atom stereocenters. The first kappa shape index (κ1) is 11.2. The minimum Gasteiger partial charge on any atom is -0.329 e. The van der Waals surface area contributed by atoms with Crippen molar-refractivity contribution in [3.8, 4) is 0 Å². The lowest BCUT2D eigenvalue weighted by Gasteiger charge is -2.09. The molecule has 0 amide bonds. The highest BCUT2D eigenvalue weighted by Crippen LogP contribution is 2.16. The number of imidazole rings is 1. The van der Waals surface area contributed by atoms with E-state index in [-0.39, 0.29) is 0 Å². The monoisotopic (exact) mass is 235 g/mol. The van der Waals surface area contributed by atoms with Crippen molar-refractivity contribution in [2.24, 2.45) is 0 Å². The van der Waals surface area contributed by atoms with Gasteiger partial charge in [0.2, 0.25) is 0 Å². The molecule has 2 aromatic rings. The van der Waals surface area contributed by atoms with Crippen LogP contribution in [0.4, 0.5) is 0 Å². The smallest absolute Gasteiger partial charge is 0.0951 e. The maximum atomic E-state index is 6.12. The molecule has 0 aliphatic rings. The first-order valence-corrected chi connectivity index (χ1v) is 5.56. The van der Waals surface area contributed by atoms with E-state index in [2.05, 4.69) is 14.9 Å². The molecule has 0 fully saturated rings. The minimum atomic E-state index is 0.761. The zero-order chi connectivity index (χ0) is 11.4. The summed E-state index contributed by atoms with van der Waals surface area (Å²) < 4.78 is 2.09. The van der Waals surface area contributed by atoms with E-state index in [0.29, 0.717) is 0 Å².